The van der Waals surface area contributed by atoms with Gasteiger partial charge in [0.15, 0.2) is 5.11 Å². The molecule has 0 radical (unpaired) electrons. The van der Waals surface area contributed by atoms with Gasteiger partial charge in [0.2, 0.25) is 0 Å². The standard InChI is InChI=1S/C14H19Cl2N3OS/c15-11-3-1-4-12(13(11)16)18-14(21)17-5-2-6-19-7-9-20-10-8-19/h1,3-4H,2,5-10H2,(H2,17,18,21). The number of hydrogen-bond acceptors (Lipinski definition) is 3. The van der Waals surface area contributed by atoms with Crippen LogP contribution >= 0.6 is 35.4 Å². The summed E-state index contributed by atoms with van der Waals surface area (Å²) in [5, 5.41) is 7.79. The number of nitrogens with one attached hydrogen (secondary N) is 2. The van der Waals surface area contributed by atoms with Crippen LogP contribution in [0.2, 0.25) is 10.0 Å². The van der Waals surface area contributed by atoms with Gasteiger partial charge in [-0.3, -0.25) is 4.90 Å². The monoisotopic (exact) mass is 347 g/mol. The number of hydrogen-bond donors (Lipinski definition) is 2. The van der Waals surface area contributed by atoms with Crippen LogP contribution in [-0.2, 0) is 4.74 Å². The molecule has 0 bridgehead atoms. The predicted octanol–water partition coefficient (Wildman–Crippen LogP) is 3.00. The molecule has 0 aliphatic carbocycles. The third kappa shape index (κ3) is 5.60. The Morgan fingerprint density at radius 3 is 2.81 bits per heavy atom. The lowest BCUT2D eigenvalue weighted by molar-refractivity contribution is 0.0376. The number of thiocarbonyl (C=S) groups is 1. The highest BCUT2D eigenvalue weighted by Crippen LogP contribution is 2.29. The maximum atomic E-state index is 6.10. The number of nitrogens with zero attached hydrogens (tertiary/aromatic N) is 1. The molecule has 1 aromatic carbocycles. The van der Waals surface area contributed by atoms with Crippen LogP contribution < -0.4 is 10.6 Å². The topological polar surface area (TPSA) is 36.5 Å². The zero-order valence-corrected chi connectivity index (χ0v) is 14.0. The van der Waals surface area contributed by atoms with Crippen molar-refractivity contribution in [1.29, 1.82) is 0 Å². The van der Waals surface area contributed by atoms with Crippen LogP contribution in [0.3, 0.4) is 0 Å². The van der Waals surface area contributed by atoms with Crippen LogP contribution in [0.5, 0.6) is 0 Å². The molecule has 116 valence electrons. The molecule has 1 fully saturated rings. The Bertz CT molecular complexity index is 481. The van der Waals surface area contributed by atoms with E-state index in [0.717, 1.165) is 51.5 Å². The van der Waals surface area contributed by atoms with Gasteiger partial charge in [-0.25, -0.2) is 0 Å². The molecule has 0 spiro atoms. The van der Waals surface area contributed by atoms with Gasteiger partial charge >= 0.3 is 0 Å². The van der Waals surface area contributed by atoms with Crippen LogP contribution in [0.15, 0.2) is 18.2 Å². The molecule has 1 heterocycles. The summed E-state index contributed by atoms with van der Waals surface area (Å²) in [6.45, 7) is 5.57. The van der Waals surface area contributed by atoms with Gasteiger partial charge in [-0.15, -0.1) is 0 Å². The smallest absolute Gasteiger partial charge is 0.170 e. The Morgan fingerprint density at radius 1 is 1.29 bits per heavy atom. The normalized spacial score (nSPS) is 15.7. The van der Waals surface area contributed by atoms with Crippen molar-refractivity contribution in [2.24, 2.45) is 0 Å². The molecule has 1 aromatic rings. The first-order valence-corrected chi connectivity index (χ1v) is 8.12. The van der Waals surface area contributed by atoms with E-state index in [1.807, 2.05) is 12.1 Å². The minimum Gasteiger partial charge on any atom is -0.379 e. The molecule has 2 N–H and O–H groups in total. The summed E-state index contributed by atoms with van der Waals surface area (Å²) >= 11 is 17.3. The highest BCUT2D eigenvalue weighted by Gasteiger charge is 2.09. The molecule has 0 saturated carbocycles. The van der Waals surface area contributed by atoms with Gasteiger partial charge in [0, 0.05) is 19.6 Å². The average molecular weight is 348 g/mol. The lowest BCUT2D eigenvalue weighted by Gasteiger charge is -2.26. The van der Waals surface area contributed by atoms with Crippen LogP contribution in [0.25, 0.3) is 0 Å². The predicted molar refractivity (Wildman–Crippen MR) is 92.6 cm³/mol. The molecule has 0 atom stereocenters. The molecule has 4 nitrogen and oxygen atoms in total. The molecule has 0 amide bonds. The zero-order chi connectivity index (χ0) is 15.1. The average Bonchev–Trinajstić information content (AvgIpc) is 2.49. The second kappa shape index (κ2) is 8.76. The molecule has 1 aliphatic heterocycles. The Morgan fingerprint density at radius 2 is 2.05 bits per heavy atom. The second-order valence-corrected chi connectivity index (χ2v) is 5.98. The Kier molecular flexibility index (Phi) is 6.99. The highest BCUT2D eigenvalue weighted by atomic mass is 35.5. The molecule has 7 heteroatoms. The summed E-state index contributed by atoms with van der Waals surface area (Å²) in [6.07, 6.45) is 1.03. The van der Waals surface area contributed by atoms with Crippen molar-refractivity contribution in [1.82, 2.24) is 10.2 Å². The molecular weight excluding hydrogens is 329 g/mol. The van der Waals surface area contributed by atoms with Crippen molar-refractivity contribution < 1.29 is 4.74 Å². The van der Waals surface area contributed by atoms with E-state index in [1.54, 1.807) is 6.07 Å². The van der Waals surface area contributed by atoms with Crippen molar-refractivity contribution in [3.05, 3.63) is 28.2 Å². The van der Waals surface area contributed by atoms with Gasteiger partial charge in [0.1, 0.15) is 0 Å². The van der Waals surface area contributed by atoms with Gasteiger partial charge in [0.05, 0.1) is 28.9 Å². The largest absolute Gasteiger partial charge is 0.379 e. The fourth-order valence-electron chi connectivity index (χ4n) is 2.10. The second-order valence-electron chi connectivity index (χ2n) is 4.79. The lowest BCUT2D eigenvalue weighted by Crippen LogP contribution is -2.38. The first-order chi connectivity index (χ1) is 10.2. The minimum atomic E-state index is 0.483. The molecule has 0 unspecified atom stereocenters. The first-order valence-electron chi connectivity index (χ1n) is 6.96. The Hall–Kier alpha value is -0.590. The van der Waals surface area contributed by atoms with Gasteiger partial charge in [0.25, 0.3) is 0 Å². The number of rotatable bonds is 5. The third-order valence-electron chi connectivity index (χ3n) is 3.24. The van der Waals surface area contributed by atoms with Gasteiger partial charge in [-0.2, -0.15) is 0 Å². The Labute approximate surface area is 140 Å². The Balaban J connectivity index is 1.66. The molecule has 1 aliphatic rings. The third-order valence-corrected chi connectivity index (χ3v) is 4.31. The quantitative estimate of drug-likeness (QED) is 0.632. The highest BCUT2D eigenvalue weighted by molar-refractivity contribution is 7.80. The van der Waals surface area contributed by atoms with Crippen molar-refractivity contribution in [3.63, 3.8) is 0 Å². The SMILES string of the molecule is S=C(NCCCN1CCOCC1)Nc1cccc(Cl)c1Cl. The maximum Gasteiger partial charge on any atom is 0.170 e. The van der Waals surface area contributed by atoms with E-state index in [9.17, 15) is 0 Å². The molecule has 21 heavy (non-hydrogen) atoms. The van der Waals surface area contributed by atoms with Crippen molar-refractivity contribution in [2.45, 2.75) is 6.42 Å². The van der Waals surface area contributed by atoms with Crippen LogP contribution in [0.4, 0.5) is 5.69 Å². The number of morpholine rings is 1. The van der Waals surface area contributed by atoms with E-state index in [2.05, 4.69) is 15.5 Å². The number of halogens is 2. The van der Waals surface area contributed by atoms with Crippen molar-refractivity contribution in [2.75, 3.05) is 44.7 Å². The van der Waals surface area contributed by atoms with Crippen molar-refractivity contribution >= 4 is 46.2 Å². The van der Waals surface area contributed by atoms with Gasteiger partial charge in [-0.05, 0) is 37.3 Å². The van der Waals surface area contributed by atoms with E-state index in [4.69, 9.17) is 40.2 Å². The van der Waals surface area contributed by atoms with Crippen LogP contribution in [-0.4, -0.2) is 49.4 Å². The summed E-state index contributed by atoms with van der Waals surface area (Å²) in [5.74, 6) is 0. The van der Waals surface area contributed by atoms with Crippen LogP contribution in [0, 0.1) is 0 Å². The van der Waals surface area contributed by atoms with E-state index < -0.39 is 0 Å². The molecule has 1 saturated heterocycles. The van der Waals surface area contributed by atoms with E-state index in [-0.39, 0.29) is 0 Å². The number of ether oxygens (including phenoxy) is 1. The van der Waals surface area contributed by atoms with Gasteiger partial charge < -0.3 is 15.4 Å². The summed E-state index contributed by atoms with van der Waals surface area (Å²) in [7, 11) is 0. The van der Waals surface area contributed by atoms with Crippen LogP contribution in [0.1, 0.15) is 6.42 Å². The van der Waals surface area contributed by atoms with Crippen molar-refractivity contribution in [3.8, 4) is 0 Å². The zero-order valence-electron chi connectivity index (χ0n) is 11.7. The molecule has 2 rings (SSSR count). The molecular formula is C14H19Cl2N3OS. The lowest BCUT2D eigenvalue weighted by atomic mass is 10.3. The number of benzene rings is 1. The van der Waals surface area contributed by atoms with E-state index >= 15 is 0 Å². The summed E-state index contributed by atoms with van der Waals surface area (Å²) in [6, 6.07) is 5.42. The number of anilines is 1. The fourth-order valence-corrected chi connectivity index (χ4v) is 2.66. The fraction of sp³-hybridized carbons (Fsp3) is 0.500. The molecule has 0 aromatic heterocycles. The summed E-state index contributed by atoms with van der Waals surface area (Å²) in [5.41, 5.74) is 0.717. The maximum absolute atomic E-state index is 6.10. The summed E-state index contributed by atoms with van der Waals surface area (Å²) < 4.78 is 5.32. The summed E-state index contributed by atoms with van der Waals surface area (Å²) in [4.78, 5) is 2.40. The minimum absolute atomic E-state index is 0.483. The van der Waals surface area contributed by atoms with Gasteiger partial charge in [-0.1, -0.05) is 29.3 Å². The first kappa shape index (κ1) is 16.8. The van der Waals surface area contributed by atoms with E-state index in [1.165, 1.54) is 0 Å². The van der Waals surface area contributed by atoms with E-state index in [0.29, 0.717) is 15.2 Å².